The van der Waals surface area contributed by atoms with Crippen LogP contribution in [-0.4, -0.2) is 24.6 Å². The van der Waals surface area contributed by atoms with Gasteiger partial charge in [-0.2, -0.15) is 0 Å². The van der Waals surface area contributed by atoms with Crippen molar-refractivity contribution in [3.05, 3.63) is 96.4 Å². The Bertz CT molecular complexity index is 1260. The van der Waals surface area contributed by atoms with Crippen LogP contribution in [0.4, 0.5) is 11.4 Å². The minimum absolute atomic E-state index is 0.239. The highest BCUT2D eigenvalue weighted by molar-refractivity contribution is 7.81. The zero-order valence-corrected chi connectivity index (χ0v) is 18.2. The molecule has 0 aliphatic carbocycles. The molecule has 0 aliphatic heterocycles. The summed E-state index contributed by atoms with van der Waals surface area (Å²) >= 11 is -2.44. The number of anilines is 2. The monoisotopic (exact) mass is 446 g/mol. The zero-order valence-electron chi connectivity index (χ0n) is 17.4. The van der Waals surface area contributed by atoms with Crippen LogP contribution in [0.1, 0.15) is 35.3 Å². The Labute approximate surface area is 188 Å². The first-order chi connectivity index (χ1) is 15.6. The van der Waals surface area contributed by atoms with Gasteiger partial charge in [-0.1, -0.05) is 43.3 Å². The summed E-state index contributed by atoms with van der Waals surface area (Å²) in [4.78, 5) is 21.8. The van der Waals surface area contributed by atoms with Crippen LogP contribution in [-0.2, 0) is 11.3 Å². The van der Waals surface area contributed by atoms with Gasteiger partial charge in [-0.05, 0) is 42.3 Å². The molecule has 0 aliphatic rings. The normalized spacial score (nSPS) is 12.8. The van der Waals surface area contributed by atoms with E-state index in [9.17, 15) is 13.6 Å². The summed E-state index contributed by atoms with van der Waals surface area (Å²) in [6.45, 7) is 1.97. The molecular weight excluding hydrogens is 424 g/mol. The molecule has 0 radical (unpaired) electrons. The lowest BCUT2D eigenvalue weighted by Crippen LogP contribution is -2.30. The molecule has 0 bridgehead atoms. The molecule has 2 aromatic heterocycles. The van der Waals surface area contributed by atoms with Gasteiger partial charge in [-0.3, -0.25) is 19.3 Å². The third-order valence-electron chi connectivity index (χ3n) is 5.15. The van der Waals surface area contributed by atoms with Gasteiger partial charge < -0.3 is 5.32 Å². The van der Waals surface area contributed by atoms with Crippen LogP contribution in [0.15, 0.2) is 85.3 Å². The molecule has 162 valence electrons. The third-order valence-corrected chi connectivity index (χ3v) is 5.86. The lowest BCUT2D eigenvalue weighted by molar-refractivity contribution is 0.0936. The van der Waals surface area contributed by atoms with Crippen molar-refractivity contribution < 1.29 is 13.6 Å². The number of para-hydroxylation sites is 2. The second-order valence-corrected chi connectivity index (χ2v) is 7.94. The highest BCUT2D eigenvalue weighted by Crippen LogP contribution is 2.34. The van der Waals surface area contributed by atoms with Crippen molar-refractivity contribution in [3.63, 3.8) is 0 Å². The van der Waals surface area contributed by atoms with E-state index >= 15 is 0 Å². The fraction of sp³-hybridized carbons (Fsp3) is 0.125. The number of aromatic nitrogens is 2. The van der Waals surface area contributed by atoms with Gasteiger partial charge in [0.15, 0.2) is 0 Å². The summed E-state index contributed by atoms with van der Waals surface area (Å²) in [6, 6.07) is 19.3. The Hall–Kier alpha value is -3.62. The fourth-order valence-electron chi connectivity index (χ4n) is 3.63. The van der Waals surface area contributed by atoms with Crippen molar-refractivity contribution in [2.45, 2.75) is 19.4 Å². The minimum Gasteiger partial charge on any atom is -0.345 e. The van der Waals surface area contributed by atoms with E-state index in [4.69, 9.17) is 0 Å². The van der Waals surface area contributed by atoms with Gasteiger partial charge in [0.25, 0.3) is 17.2 Å². The van der Waals surface area contributed by atoms with Crippen LogP contribution in [0.5, 0.6) is 0 Å². The Kier molecular flexibility index (Phi) is 6.53. The molecule has 1 amide bonds. The molecule has 2 aromatic carbocycles. The number of pyridine rings is 2. The predicted molar refractivity (Wildman–Crippen MR) is 126 cm³/mol. The quantitative estimate of drug-likeness (QED) is 0.398. The molecule has 2 heterocycles. The van der Waals surface area contributed by atoms with E-state index in [2.05, 4.69) is 15.3 Å². The van der Waals surface area contributed by atoms with Crippen molar-refractivity contribution in [1.82, 2.24) is 15.3 Å². The van der Waals surface area contributed by atoms with Gasteiger partial charge in [-0.25, -0.2) is 8.51 Å². The van der Waals surface area contributed by atoms with Crippen molar-refractivity contribution in [2.75, 3.05) is 4.31 Å². The maximum atomic E-state index is 13.3. The Morgan fingerprint density at radius 2 is 1.78 bits per heavy atom. The van der Waals surface area contributed by atoms with E-state index in [1.807, 2.05) is 31.2 Å². The molecule has 4 rings (SSSR count). The van der Waals surface area contributed by atoms with Crippen molar-refractivity contribution in [1.29, 1.82) is 0 Å². The Morgan fingerprint density at radius 1 is 1.03 bits per heavy atom. The van der Waals surface area contributed by atoms with Gasteiger partial charge in [0, 0.05) is 24.0 Å². The summed E-state index contributed by atoms with van der Waals surface area (Å²) < 4.78 is 23.9. The van der Waals surface area contributed by atoms with Crippen LogP contribution in [0.25, 0.3) is 10.9 Å². The van der Waals surface area contributed by atoms with E-state index in [1.165, 1.54) is 4.31 Å². The molecule has 2 atom stereocenters. The maximum absolute atomic E-state index is 13.3. The summed E-state index contributed by atoms with van der Waals surface area (Å²) in [5, 5.41) is 3.84. The average molecular weight is 447 g/mol. The third kappa shape index (κ3) is 4.37. The van der Waals surface area contributed by atoms with Crippen LogP contribution >= 0.6 is 0 Å². The Balaban J connectivity index is 1.76. The lowest BCUT2D eigenvalue weighted by Gasteiger charge is -2.24. The lowest BCUT2D eigenvalue weighted by atomic mass is 10.1. The molecule has 0 saturated heterocycles. The molecule has 4 aromatic rings. The summed E-state index contributed by atoms with van der Waals surface area (Å²) in [5.74, 6) is -0.347. The second-order valence-electron chi connectivity index (χ2n) is 7.12. The standard InChI is InChI=1S/C24H22N4O3S/c1-2-20(18-10-6-14-25-16-18)27-24(29)19-11-3-4-12-21(19)28(32(30)31)22-13-5-8-17-9-7-15-26-23(17)22/h3-16,20H,2H2,1H3,(H,27,29)(H,30,31). The molecule has 2 unspecified atom stereocenters. The van der Waals surface area contributed by atoms with E-state index in [0.29, 0.717) is 23.3 Å². The Morgan fingerprint density at radius 3 is 2.53 bits per heavy atom. The van der Waals surface area contributed by atoms with Crippen LogP contribution in [0.3, 0.4) is 0 Å². The number of hydrogen-bond acceptors (Lipinski definition) is 4. The van der Waals surface area contributed by atoms with E-state index in [0.717, 1.165) is 10.9 Å². The molecule has 2 N–H and O–H groups in total. The van der Waals surface area contributed by atoms with Gasteiger partial charge in [-0.15, -0.1) is 0 Å². The first kappa shape index (κ1) is 21.6. The first-order valence-electron chi connectivity index (χ1n) is 10.1. The molecule has 7 nitrogen and oxygen atoms in total. The first-order valence-corrected chi connectivity index (χ1v) is 11.2. The topological polar surface area (TPSA) is 95.4 Å². The predicted octanol–water partition coefficient (Wildman–Crippen LogP) is 4.79. The van der Waals surface area contributed by atoms with Crippen LogP contribution in [0.2, 0.25) is 0 Å². The minimum atomic E-state index is -2.44. The van der Waals surface area contributed by atoms with Crippen molar-refractivity contribution >= 4 is 39.5 Å². The molecular formula is C24H22N4O3S. The fourth-order valence-corrected chi connectivity index (χ4v) is 4.28. The average Bonchev–Trinajstić information content (AvgIpc) is 2.83. The molecule has 0 saturated carbocycles. The van der Waals surface area contributed by atoms with E-state index in [1.54, 1.807) is 61.1 Å². The van der Waals surface area contributed by atoms with Gasteiger partial charge >= 0.3 is 0 Å². The summed E-state index contributed by atoms with van der Waals surface area (Å²) in [5.41, 5.74) is 2.48. The number of fused-ring (bicyclic) bond motifs is 1. The number of rotatable bonds is 7. The summed E-state index contributed by atoms with van der Waals surface area (Å²) in [7, 11) is 0. The maximum Gasteiger partial charge on any atom is 0.266 e. The zero-order chi connectivity index (χ0) is 22.5. The van der Waals surface area contributed by atoms with E-state index in [-0.39, 0.29) is 17.5 Å². The van der Waals surface area contributed by atoms with Crippen molar-refractivity contribution in [3.8, 4) is 0 Å². The van der Waals surface area contributed by atoms with Crippen LogP contribution in [0, 0.1) is 0 Å². The smallest absolute Gasteiger partial charge is 0.266 e. The number of benzene rings is 2. The highest BCUT2D eigenvalue weighted by atomic mass is 32.2. The summed E-state index contributed by atoms with van der Waals surface area (Å²) in [6.07, 6.45) is 5.70. The number of nitrogens with zero attached hydrogens (tertiary/aromatic N) is 3. The van der Waals surface area contributed by atoms with Gasteiger partial charge in [0.05, 0.1) is 28.5 Å². The highest BCUT2D eigenvalue weighted by Gasteiger charge is 2.25. The SMILES string of the molecule is CCC(NC(=O)c1ccccc1N(c1cccc2cccnc12)S(=O)O)c1cccnc1. The van der Waals surface area contributed by atoms with Gasteiger partial charge in [0.2, 0.25) is 0 Å². The van der Waals surface area contributed by atoms with E-state index < -0.39 is 11.3 Å². The molecule has 0 fully saturated rings. The molecule has 8 heteroatoms. The number of carbonyl (C=O) groups excluding carboxylic acids is 1. The molecule has 32 heavy (non-hydrogen) atoms. The number of nitrogens with one attached hydrogen (secondary N) is 1. The van der Waals surface area contributed by atoms with Crippen molar-refractivity contribution in [2.24, 2.45) is 0 Å². The van der Waals surface area contributed by atoms with Crippen LogP contribution < -0.4 is 9.62 Å². The van der Waals surface area contributed by atoms with Gasteiger partial charge in [0.1, 0.15) is 0 Å². The molecule has 0 spiro atoms. The largest absolute Gasteiger partial charge is 0.345 e. The second kappa shape index (κ2) is 9.67. The number of hydrogen-bond donors (Lipinski definition) is 2. The number of amides is 1. The number of carbonyl (C=O) groups is 1.